The number of fused-ring (bicyclic) bond motifs is 2. The van der Waals surface area contributed by atoms with Crippen molar-refractivity contribution in [3.05, 3.63) is 108 Å². The Kier molecular flexibility index (Phi) is 7.84. The number of carbonyl (C=O) groups excluding carboxylic acids is 3. The molecule has 42 heavy (non-hydrogen) atoms. The third-order valence-corrected chi connectivity index (χ3v) is 6.47. The molecular formula is C33H30N2O7. The Morgan fingerprint density at radius 3 is 2.29 bits per heavy atom. The zero-order chi connectivity index (χ0) is 29.9. The number of nitrogens with one attached hydrogen (secondary N) is 1. The molecule has 0 unspecified atom stereocenters. The number of amides is 2. The van der Waals surface area contributed by atoms with Crippen molar-refractivity contribution >= 4 is 34.8 Å². The molecule has 0 bridgehead atoms. The number of ether oxygens (including phenoxy) is 4. The summed E-state index contributed by atoms with van der Waals surface area (Å²) in [5, 5.41) is 0.790. The highest BCUT2D eigenvalue weighted by molar-refractivity contribution is 6.38. The lowest BCUT2D eigenvalue weighted by Gasteiger charge is -2.18. The lowest BCUT2D eigenvalue weighted by Crippen LogP contribution is -2.27. The van der Waals surface area contributed by atoms with Crippen molar-refractivity contribution in [1.29, 1.82) is 0 Å². The third kappa shape index (κ3) is 5.90. The second-order valence-electron chi connectivity index (χ2n) is 10.6. The molecule has 2 aliphatic rings. The second kappa shape index (κ2) is 11.7. The van der Waals surface area contributed by atoms with Crippen LogP contribution in [-0.2, 0) is 25.7 Å². The van der Waals surface area contributed by atoms with Gasteiger partial charge in [0.1, 0.15) is 24.2 Å². The number of imide groups is 1. The van der Waals surface area contributed by atoms with Crippen molar-refractivity contribution in [2.24, 2.45) is 0 Å². The van der Waals surface area contributed by atoms with Crippen LogP contribution in [0.5, 0.6) is 17.2 Å². The Bertz CT molecular complexity index is 1710. The predicted octanol–water partition coefficient (Wildman–Crippen LogP) is 5.77. The van der Waals surface area contributed by atoms with Crippen molar-refractivity contribution in [3.63, 3.8) is 0 Å². The summed E-state index contributed by atoms with van der Waals surface area (Å²) in [6.45, 7) is 6.37. The molecule has 3 heterocycles. The van der Waals surface area contributed by atoms with Gasteiger partial charge >= 0.3 is 0 Å². The van der Waals surface area contributed by atoms with Crippen molar-refractivity contribution in [3.8, 4) is 17.2 Å². The molecule has 6 rings (SSSR count). The Hall–Kier alpha value is -5.31. The zero-order valence-electron chi connectivity index (χ0n) is 23.7. The minimum atomic E-state index is -0.448. The molecule has 1 N–H and O–H groups in total. The van der Waals surface area contributed by atoms with Crippen molar-refractivity contribution < 1.29 is 33.3 Å². The summed E-state index contributed by atoms with van der Waals surface area (Å²) in [7, 11) is 1.46. The van der Waals surface area contributed by atoms with Crippen molar-refractivity contribution in [2.75, 3.05) is 7.05 Å². The van der Waals surface area contributed by atoms with E-state index >= 15 is 0 Å². The molecule has 0 aliphatic carbocycles. The average molecular weight is 567 g/mol. The molecule has 0 atom stereocenters. The highest BCUT2D eigenvalue weighted by atomic mass is 16.6. The van der Waals surface area contributed by atoms with Crippen LogP contribution in [0.15, 0.2) is 96.6 Å². The van der Waals surface area contributed by atoms with E-state index in [1.165, 1.54) is 13.3 Å². The summed E-state index contributed by atoms with van der Waals surface area (Å²) >= 11 is 0. The number of rotatable bonds is 6. The number of hydrogen-bond acceptors (Lipinski definition) is 7. The van der Waals surface area contributed by atoms with Gasteiger partial charge in [-0.25, -0.2) is 0 Å². The molecule has 0 fully saturated rings. The highest BCUT2D eigenvalue weighted by Gasteiger charge is 2.41. The first-order chi connectivity index (χ1) is 20.2. The molecule has 2 amide bonds. The van der Waals surface area contributed by atoms with E-state index < -0.39 is 11.8 Å². The maximum absolute atomic E-state index is 13.2. The van der Waals surface area contributed by atoms with E-state index in [2.05, 4.69) is 9.72 Å². The number of aromatic amines is 1. The van der Waals surface area contributed by atoms with E-state index in [0.717, 1.165) is 21.4 Å². The minimum absolute atomic E-state index is 0.164. The predicted molar refractivity (Wildman–Crippen MR) is 156 cm³/mol. The molecule has 0 spiro atoms. The highest BCUT2D eigenvalue weighted by Crippen LogP contribution is 2.40. The zero-order valence-corrected chi connectivity index (χ0v) is 23.7. The number of hydrogen-bond donors (Lipinski definition) is 1. The van der Waals surface area contributed by atoms with Gasteiger partial charge < -0.3 is 23.9 Å². The van der Waals surface area contributed by atoms with Crippen LogP contribution in [-0.4, -0.2) is 40.8 Å². The van der Waals surface area contributed by atoms with E-state index in [1.807, 2.05) is 81.4 Å². The SMILES string of the molecule is CC(C)(C)OC=O.CN1C(=O)C(C2=COc3ccccc3O2)=C(c2c[nH]c3cc(OCc4ccccc4)ccc23)C1=O. The van der Waals surface area contributed by atoms with Crippen LogP contribution in [0.3, 0.4) is 0 Å². The molecule has 0 radical (unpaired) electrons. The maximum Gasteiger partial charge on any atom is 0.293 e. The van der Waals surface area contributed by atoms with Crippen LogP contribution in [0.2, 0.25) is 0 Å². The number of para-hydroxylation sites is 2. The number of aromatic nitrogens is 1. The molecule has 9 heteroatoms. The Labute approximate surface area is 242 Å². The first-order valence-electron chi connectivity index (χ1n) is 13.3. The summed E-state index contributed by atoms with van der Waals surface area (Å²) in [5.41, 5.74) is 2.57. The maximum atomic E-state index is 13.2. The molecule has 9 nitrogen and oxygen atoms in total. The quantitative estimate of drug-likeness (QED) is 0.233. The van der Waals surface area contributed by atoms with E-state index in [-0.39, 0.29) is 22.5 Å². The van der Waals surface area contributed by atoms with Gasteiger partial charge in [0.05, 0.1) is 11.1 Å². The van der Waals surface area contributed by atoms with Gasteiger partial charge in [-0.3, -0.25) is 19.3 Å². The summed E-state index contributed by atoms with van der Waals surface area (Å²) in [6.07, 6.45) is 3.09. The van der Waals surface area contributed by atoms with Gasteiger partial charge in [0.25, 0.3) is 18.3 Å². The fraction of sp³-hybridized carbons (Fsp3) is 0.182. The van der Waals surface area contributed by atoms with E-state index in [0.29, 0.717) is 35.9 Å². The second-order valence-corrected chi connectivity index (χ2v) is 10.6. The Balaban J connectivity index is 0.000000451. The molecule has 0 saturated heterocycles. The van der Waals surface area contributed by atoms with Gasteiger partial charge in [0, 0.05) is 35.8 Å². The number of benzene rings is 3. The van der Waals surface area contributed by atoms with E-state index in [9.17, 15) is 14.4 Å². The van der Waals surface area contributed by atoms with Gasteiger partial charge in [-0.15, -0.1) is 0 Å². The first-order valence-corrected chi connectivity index (χ1v) is 13.3. The third-order valence-electron chi connectivity index (χ3n) is 6.47. The standard InChI is InChI=1S/C28H20N2O5.C5H10O2/c1-30-27(31)25(26(28(30)32)24-16-34-22-9-5-6-10-23(22)35-24)20-14-29-21-13-18(11-12-19(20)21)33-15-17-7-3-2-4-8-17;1-5(2,3)7-4-6/h2-14,16,29H,15H2,1H3;4H,1-3H3. The summed E-state index contributed by atoms with van der Waals surface area (Å²) < 4.78 is 22.1. The smallest absolute Gasteiger partial charge is 0.293 e. The van der Waals surface area contributed by atoms with Crippen LogP contribution >= 0.6 is 0 Å². The van der Waals surface area contributed by atoms with E-state index in [1.54, 1.807) is 18.3 Å². The minimum Gasteiger partial charge on any atom is -0.489 e. The van der Waals surface area contributed by atoms with Gasteiger partial charge in [0.2, 0.25) is 0 Å². The summed E-state index contributed by atoms with van der Waals surface area (Å²) in [6, 6.07) is 22.7. The fourth-order valence-corrected chi connectivity index (χ4v) is 4.41. The molecule has 2 aliphatic heterocycles. The van der Waals surface area contributed by atoms with Crippen LogP contribution in [0.4, 0.5) is 0 Å². The molecule has 0 saturated carbocycles. The van der Waals surface area contributed by atoms with Gasteiger partial charge in [-0.2, -0.15) is 0 Å². The molecular weight excluding hydrogens is 536 g/mol. The van der Waals surface area contributed by atoms with E-state index in [4.69, 9.17) is 14.2 Å². The summed E-state index contributed by atoms with van der Waals surface area (Å²) in [4.78, 5) is 40.1. The number of carbonyl (C=O) groups is 3. The normalized spacial score (nSPS) is 14.4. The molecule has 1 aromatic heterocycles. The van der Waals surface area contributed by atoms with Crippen LogP contribution in [0.25, 0.3) is 16.5 Å². The number of H-pyrrole nitrogens is 1. The van der Waals surface area contributed by atoms with Crippen molar-refractivity contribution in [1.82, 2.24) is 9.88 Å². The lowest BCUT2D eigenvalue weighted by atomic mass is 9.99. The van der Waals surface area contributed by atoms with Crippen LogP contribution < -0.4 is 14.2 Å². The van der Waals surface area contributed by atoms with Gasteiger partial charge in [0.15, 0.2) is 17.3 Å². The first kappa shape index (κ1) is 28.2. The molecule has 4 aromatic rings. The lowest BCUT2D eigenvalue weighted by molar-refractivity contribution is -0.139. The summed E-state index contributed by atoms with van der Waals surface area (Å²) in [5.74, 6) is 1.05. The monoisotopic (exact) mass is 566 g/mol. The average Bonchev–Trinajstić information content (AvgIpc) is 3.49. The Morgan fingerprint density at radius 1 is 0.905 bits per heavy atom. The number of likely N-dealkylation sites (N-methyl/N-ethyl adjacent to an activating group) is 1. The van der Waals surface area contributed by atoms with Gasteiger partial charge in [-0.05, 0) is 50.6 Å². The largest absolute Gasteiger partial charge is 0.489 e. The Morgan fingerprint density at radius 2 is 1.60 bits per heavy atom. The van der Waals surface area contributed by atoms with Gasteiger partial charge in [-0.1, -0.05) is 42.5 Å². The topological polar surface area (TPSA) is 107 Å². The fourth-order valence-electron chi connectivity index (χ4n) is 4.41. The molecule has 214 valence electrons. The van der Waals surface area contributed by atoms with Crippen LogP contribution in [0, 0.1) is 0 Å². The van der Waals surface area contributed by atoms with Crippen LogP contribution in [0.1, 0.15) is 31.9 Å². The number of nitrogens with zero attached hydrogens (tertiary/aromatic N) is 1. The molecule has 3 aromatic carbocycles. The van der Waals surface area contributed by atoms with Crippen molar-refractivity contribution in [2.45, 2.75) is 33.0 Å².